The molecule has 3 aromatic rings. The van der Waals surface area contributed by atoms with Crippen LogP contribution in [-0.4, -0.2) is 117 Å². The molecule has 0 saturated carbocycles. The molecule has 0 saturated heterocycles. The lowest BCUT2D eigenvalue weighted by molar-refractivity contribution is -0.215. The van der Waals surface area contributed by atoms with E-state index in [0.717, 1.165) is 4.90 Å². The number of aliphatic hydroxyl groups excluding tert-OH is 1. The van der Waals surface area contributed by atoms with Crippen molar-refractivity contribution in [2.75, 3.05) is 16.9 Å². The molecular formula is C35H48N22O9. The quantitative estimate of drug-likeness (QED) is 0.0138. The number of hydrogen-bond acceptors (Lipinski definition) is 17. The second-order valence-corrected chi connectivity index (χ2v) is 12.9. The number of guanidine groups is 4. The first kappa shape index (κ1) is 51.0. The van der Waals surface area contributed by atoms with Gasteiger partial charge < -0.3 is 88.2 Å². The number of amides is 6. The van der Waals surface area contributed by atoms with Gasteiger partial charge in [-0.2, -0.15) is 0 Å². The largest absolute Gasteiger partial charge is 0.370 e. The van der Waals surface area contributed by atoms with Crippen molar-refractivity contribution in [3.8, 4) is 0 Å². The molecule has 31 nitrogen and oxygen atoms in total. The molecule has 0 fully saturated rings. The van der Waals surface area contributed by atoms with Gasteiger partial charge in [0.1, 0.15) is 6.04 Å². The van der Waals surface area contributed by atoms with Crippen molar-refractivity contribution in [2.45, 2.75) is 36.9 Å². The molecule has 352 valence electrons. The third-order valence-electron chi connectivity index (χ3n) is 7.95. The molecular weight excluding hydrogens is 873 g/mol. The van der Waals surface area contributed by atoms with Crippen LogP contribution in [0.15, 0.2) is 99.1 Å². The number of nitrogens with zero attached hydrogens (tertiary/aromatic N) is 7. The van der Waals surface area contributed by atoms with E-state index in [-0.39, 0.29) is 18.1 Å². The topological polar surface area (TPSA) is 537 Å². The molecule has 6 atom stereocenters. The molecule has 0 aliphatic carbocycles. The van der Waals surface area contributed by atoms with Crippen molar-refractivity contribution in [1.82, 2.24) is 36.6 Å². The number of nitrogens with two attached hydrogens (primary N) is 9. The van der Waals surface area contributed by atoms with Crippen LogP contribution in [0.25, 0.3) is 6.08 Å². The van der Waals surface area contributed by atoms with E-state index in [0.29, 0.717) is 11.3 Å². The van der Waals surface area contributed by atoms with Gasteiger partial charge in [0.15, 0.2) is 23.8 Å². The number of aliphatic hydroxyl groups is 1. The van der Waals surface area contributed by atoms with E-state index < -0.39 is 96.2 Å². The van der Waals surface area contributed by atoms with Crippen LogP contribution in [0, 0.1) is 0 Å². The maximum absolute atomic E-state index is 14.1. The molecule has 31 heteroatoms. The van der Waals surface area contributed by atoms with Gasteiger partial charge in [-0.1, -0.05) is 54.6 Å². The number of aliphatic imine (C=N–C) groups is 4. The fraction of sp³-hybridized carbons (Fsp3) is 0.200. The standard InChI is InChI=1S/C35H48N22O9/c36-20(58)21(52-31(37)38)48-26(60)23(54-33(41)42)50-28(62)24(55-34(43)44)51-27(61)22(53-32(39)40)49-25(59)19(17-7-2-1-3-8-17)47-29(63)30(64)57(35-45-13-5-14-46-35)15-4-6-16-9-11-18(12-10-16)56-66-65/h1-14,19,21-24,30,56,64-65H,15H2,(H2,36,58)(H,47,63)(H,48,60)(H,49,59)(H,50,62)(H,51,61)(H4,37,38,52)(H4,39,40,53)(H4,41,42,54)(H4,43,44,55). The summed E-state index contributed by atoms with van der Waals surface area (Å²) in [5, 5.41) is 30.8. The second kappa shape index (κ2) is 24.9. The zero-order chi connectivity index (χ0) is 48.9. The molecule has 0 aliphatic rings. The number of carbonyl (C=O) groups is 6. The number of nitrogens with one attached hydrogen (secondary N) is 6. The Bertz CT molecular complexity index is 2300. The predicted octanol–water partition coefficient (Wildman–Crippen LogP) is -7.66. The van der Waals surface area contributed by atoms with E-state index in [4.69, 9.17) is 56.9 Å². The highest BCUT2D eigenvalue weighted by molar-refractivity contribution is 5.99. The maximum atomic E-state index is 14.1. The van der Waals surface area contributed by atoms with Crippen LogP contribution in [-0.2, 0) is 33.8 Å². The van der Waals surface area contributed by atoms with Crippen molar-refractivity contribution in [3.63, 3.8) is 0 Å². The van der Waals surface area contributed by atoms with Crippen molar-refractivity contribution in [2.24, 2.45) is 71.6 Å². The second-order valence-electron chi connectivity index (χ2n) is 12.9. The zero-order valence-electron chi connectivity index (χ0n) is 34.3. The lowest BCUT2D eigenvalue weighted by Crippen LogP contribution is -2.58. The van der Waals surface area contributed by atoms with Crippen LogP contribution in [0.5, 0.6) is 0 Å². The summed E-state index contributed by atoms with van der Waals surface area (Å²) in [4.78, 5) is 108. The van der Waals surface area contributed by atoms with E-state index in [2.05, 4.69) is 56.4 Å². The van der Waals surface area contributed by atoms with E-state index in [1.807, 2.05) is 10.6 Å². The molecule has 0 spiro atoms. The number of primary amides is 1. The summed E-state index contributed by atoms with van der Waals surface area (Å²) >= 11 is 0. The number of anilines is 2. The van der Waals surface area contributed by atoms with Gasteiger partial charge in [-0.05, 0) is 29.3 Å². The Kier molecular flexibility index (Phi) is 19.3. The average Bonchev–Trinajstić information content (AvgIpc) is 3.26. The third-order valence-corrected chi connectivity index (χ3v) is 7.95. The smallest absolute Gasteiger partial charge is 0.271 e. The molecule has 2 aromatic carbocycles. The van der Waals surface area contributed by atoms with Crippen LogP contribution < -0.4 is 88.6 Å². The first-order chi connectivity index (χ1) is 31.3. The van der Waals surface area contributed by atoms with Gasteiger partial charge in [-0.15, -0.1) is 4.99 Å². The molecule has 0 radical (unpaired) electrons. The minimum Gasteiger partial charge on any atom is -0.370 e. The summed E-state index contributed by atoms with van der Waals surface area (Å²) in [6, 6.07) is 13.9. The zero-order valence-corrected chi connectivity index (χ0v) is 34.3. The Morgan fingerprint density at radius 2 is 1.06 bits per heavy atom. The highest BCUT2D eigenvalue weighted by Crippen LogP contribution is 2.17. The Balaban J connectivity index is 1.90. The highest BCUT2D eigenvalue weighted by atomic mass is 17.2. The van der Waals surface area contributed by atoms with Gasteiger partial charge in [-0.3, -0.25) is 28.8 Å². The SMILES string of the molecule is NC(=O)C(N=C(N)N)NC(=O)C(N=C(N)N)NC(=O)C(N=C(N)N)NC(=O)C(N=C(N)N)NC(=O)C(NC(=O)C(O)N(CC=Cc1ccc(NOO)cc1)c1ncccn1)c1ccccc1. The lowest BCUT2D eigenvalue weighted by Gasteiger charge is -2.28. The summed E-state index contributed by atoms with van der Waals surface area (Å²) in [5.74, 6) is -10.6. The summed E-state index contributed by atoms with van der Waals surface area (Å²) in [5.41, 5.74) is 52.2. The molecule has 1 aromatic heterocycles. The Hall–Kier alpha value is -9.36. The van der Waals surface area contributed by atoms with Crippen molar-refractivity contribution in [1.29, 1.82) is 0 Å². The monoisotopic (exact) mass is 920 g/mol. The fourth-order valence-electron chi connectivity index (χ4n) is 5.14. The normalized spacial score (nSPS) is 13.3. The molecule has 26 N–H and O–H groups in total. The third kappa shape index (κ3) is 16.5. The first-order valence-corrected chi connectivity index (χ1v) is 18.5. The number of carbonyl (C=O) groups excluding carboxylic acids is 6. The number of hydrogen-bond donors (Lipinski definition) is 17. The highest BCUT2D eigenvalue weighted by Gasteiger charge is 2.35. The van der Waals surface area contributed by atoms with E-state index in [9.17, 15) is 33.9 Å². The average molecular weight is 921 g/mol. The summed E-state index contributed by atoms with van der Waals surface area (Å²) in [7, 11) is 0. The number of benzene rings is 2. The summed E-state index contributed by atoms with van der Waals surface area (Å²) in [6.07, 6.45) is -4.26. The van der Waals surface area contributed by atoms with Gasteiger partial charge in [-0.25, -0.2) is 40.7 Å². The van der Waals surface area contributed by atoms with Crippen LogP contribution in [0.3, 0.4) is 0 Å². The summed E-state index contributed by atoms with van der Waals surface area (Å²) in [6.45, 7) is -0.152. The van der Waals surface area contributed by atoms with Gasteiger partial charge in [0.05, 0.1) is 5.69 Å². The van der Waals surface area contributed by atoms with Crippen LogP contribution in [0.1, 0.15) is 17.2 Å². The predicted molar refractivity (Wildman–Crippen MR) is 236 cm³/mol. The molecule has 6 unspecified atom stereocenters. The molecule has 1 heterocycles. The minimum absolute atomic E-state index is 0.0833. The Morgan fingerprint density at radius 3 is 1.52 bits per heavy atom. The minimum atomic E-state index is -2.15. The van der Waals surface area contributed by atoms with Gasteiger partial charge in [0.25, 0.3) is 29.5 Å². The van der Waals surface area contributed by atoms with Gasteiger partial charge in [0, 0.05) is 18.9 Å². The molecule has 66 heavy (non-hydrogen) atoms. The van der Waals surface area contributed by atoms with Crippen molar-refractivity contribution < 1.29 is 44.1 Å². The molecule has 0 aliphatic heterocycles. The van der Waals surface area contributed by atoms with Crippen molar-refractivity contribution >= 4 is 77.0 Å². The van der Waals surface area contributed by atoms with Gasteiger partial charge in [0.2, 0.25) is 42.7 Å². The van der Waals surface area contributed by atoms with Crippen LogP contribution in [0.2, 0.25) is 0 Å². The van der Waals surface area contributed by atoms with Crippen molar-refractivity contribution in [3.05, 3.63) is 90.3 Å². The van der Waals surface area contributed by atoms with Crippen LogP contribution in [0.4, 0.5) is 11.6 Å². The number of rotatable bonds is 23. The lowest BCUT2D eigenvalue weighted by atomic mass is 10.1. The number of aromatic nitrogens is 2. The van der Waals surface area contributed by atoms with E-state index in [1.165, 1.54) is 42.7 Å². The first-order valence-electron chi connectivity index (χ1n) is 18.5. The Morgan fingerprint density at radius 1 is 0.606 bits per heavy atom. The maximum Gasteiger partial charge on any atom is 0.271 e. The Labute approximate surface area is 372 Å². The molecule has 0 bridgehead atoms. The fourth-order valence-corrected chi connectivity index (χ4v) is 5.14. The van der Waals surface area contributed by atoms with E-state index in [1.54, 1.807) is 42.5 Å². The molecule has 6 amide bonds. The molecule has 3 rings (SSSR count). The van der Waals surface area contributed by atoms with Gasteiger partial charge >= 0.3 is 0 Å². The summed E-state index contributed by atoms with van der Waals surface area (Å²) < 4.78 is 0. The van der Waals surface area contributed by atoms with E-state index >= 15 is 0 Å². The van der Waals surface area contributed by atoms with Crippen LogP contribution >= 0.6 is 0 Å².